The van der Waals surface area contributed by atoms with Crippen molar-refractivity contribution in [2.75, 3.05) is 31.9 Å². The molecule has 0 unspecified atom stereocenters. The lowest BCUT2D eigenvalue weighted by Crippen LogP contribution is -2.39. The first kappa shape index (κ1) is 24.9. The topological polar surface area (TPSA) is 116 Å². The van der Waals surface area contributed by atoms with E-state index in [1.165, 1.54) is 38.6 Å². The highest BCUT2D eigenvalue weighted by Crippen LogP contribution is 2.33. The quantitative estimate of drug-likeness (QED) is 0.347. The van der Waals surface area contributed by atoms with Crippen molar-refractivity contribution in [3.8, 4) is 23.0 Å². The average molecular weight is 512 g/mol. The number of rotatable bonds is 9. The molecule has 188 valence electrons. The molecule has 0 spiro atoms. The number of anilines is 1. The molecular formula is C25H25N3O7S. The number of benzene rings is 3. The number of sulfonamides is 1. The van der Waals surface area contributed by atoms with Crippen LogP contribution in [0.25, 0.3) is 0 Å². The van der Waals surface area contributed by atoms with Gasteiger partial charge in [0.25, 0.3) is 15.9 Å². The van der Waals surface area contributed by atoms with E-state index >= 15 is 0 Å². The van der Waals surface area contributed by atoms with Crippen LogP contribution < -0.4 is 28.7 Å². The van der Waals surface area contributed by atoms with Crippen LogP contribution in [0.15, 0.2) is 70.7 Å². The second-order valence-electron chi connectivity index (χ2n) is 7.77. The van der Waals surface area contributed by atoms with Gasteiger partial charge in [-0.25, -0.2) is 13.8 Å². The third kappa shape index (κ3) is 5.36. The maximum atomic E-state index is 13.6. The predicted octanol–water partition coefficient (Wildman–Crippen LogP) is 3.09. The van der Waals surface area contributed by atoms with Gasteiger partial charge in [-0.2, -0.15) is 5.10 Å². The lowest BCUT2D eigenvalue weighted by atomic mass is 10.2. The van der Waals surface area contributed by atoms with Crippen molar-refractivity contribution in [3.05, 3.63) is 71.8 Å². The smallest absolute Gasteiger partial charge is 0.264 e. The van der Waals surface area contributed by atoms with Gasteiger partial charge in [-0.15, -0.1) is 0 Å². The molecule has 0 aromatic heterocycles. The van der Waals surface area contributed by atoms with E-state index in [1.807, 2.05) is 6.92 Å². The normalized spacial score (nSPS) is 12.4. The number of hydrogen-bond acceptors (Lipinski definition) is 8. The minimum Gasteiger partial charge on any atom is -0.493 e. The summed E-state index contributed by atoms with van der Waals surface area (Å²) in [6, 6.07) is 16.3. The van der Waals surface area contributed by atoms with Gasteiger partial charge in [-0.3, -0.25) is 9.10 Å². The maximum Gasteiger partial charge on any atom is 0.264 e. The fourth-order valence-corrected chi connectivity index (χ4v) is 4.91. The Hall–Kier alpha value is -4.25. The Morgan fingerprint density at radius 2 is 1.72 bits per heavy atom. The third-order valence-corrected chi connectivity index (χ3v) is 7.12. The zero-order chi connectivity index (χ0) is 25.7. The van der Waals surface area contributed by atoms with Crippen LogP contribution >= 0.6 is 0 Å². The van der Waals surface area contributed by atoms with Gasteiger partial charge in [0.2, 0.25) is 6.79 Å². The van der Waals surface area contributed by atoms with E-state index in [0.29, 0.717) is 28.5 Å². The minimum absolute atomic E-state index is 0.0580. The number of nitrogens with one attached hydrogen (secondary N) is 1. The number of hydrogen-bond donors (Lipinski definition) is 1. The van der Waals surface area contributed by atoms with Crippen LogP contribution in [0.2, 0.25) is 0 Å². The molecule has 1 N–H and O–H groups in total. The molecule has 0 atom stereocenters. The Labute approximate surface area is 209 Å². The molecule has 4 rings (SSSR count). The van der Waals surface area contributed by atoms with Gasteiger partial charge in [-0.05, 0) is 55.0 Å². The van der Waals surface area contributed by atoms with Gasteiger partial charge in [0.1, 0.15) is 6.54 Å². The number of carbonyl (C=O) groups excluding carboxylic acids is 1. The molecule has 36 heavy (non-hydrogen) atoms. The average Bonchev–Trinajstić information content (AvgIpc) is 3.35. The summed E-state index contributed by atoms with van der Waals surface area (Å²) in [5.74, 6) is 1.22. The molecule has 1 aliphatic rings. The maximum absolute atomic E-state index is 13.6. The Morgan fingerprint density at radius 3 is 2.44 bits per heavy atom. The van der Waals surface area contributed by atoms with Crippen molar-refractivity contribution in [1.82, 2.24) is 5.43 Å². The second-order valence-corrected chi connectivity index (χ2v) is 9.63. The van der Waals surface area contributed by atoms with E-state index in [0.717, 1.165) is 9.87 Å². The highest BCUT2D eigenvalue weighted by Gasteiger charge is 2.28. The summed E-state index contributed by atoms with van der Waals surface area (Å²) in [6.45, 7) is 1.53. The molecule has 0 saturated carbocycles. The first-order valence-electron chi connectivity index (χ1n) is 10.8. The Bertz CT molecular complexity index is 1390. The molecule has 0 saturated heterocycles. The van der Waals surface area contributed by atoms with Gasteiger partial charge in [0, 0.05) is 6.07 Å². The monoisotopic (exact) mass is 511 g/mol. The number of carbonyl (C=O) groups is 1. The summed E-state index contributed by atoms with van der Waals surface area (Å²) in [4.78, 5) is 12.7. The van der Waals surface area contributed by atoms with E-state index in [-0.39, 0.29) is 17.4 Å². The summed E-state index contributed by atoms with van der Waals surface area (Å²) in [7, 11) is -1.28. The summed E-state index contributed by atoms with van der Waals surface area (Å²) in [5.41, 5.74) is 4.33. The third-order valence-electron chi connectivity index (χ3n) is 5.35. The number of fused-ring (bicyclic) bond motifs is 1. The van der Waals surface area contributed by atoms with Gasteiger partial charge in [0.15, 0.2) is 23.0 Å². The number of methoxy groups -OCH3 is 2. The number of hydrazone groups is 1. The Balaban J connectivity index is 1.57. The zero-order valence-electron chi connectivity index (χ0n) is 19.9. The number of ether oxygens (including phenoxy) is 4. The van der Waals surface area contributed by atoms with Gasteiger partial charge >= 0.3 is 0 Å². The van der Waals surface area contributed by atoms with Gasteiger partial charge in [-0.1, -0.05) is 17.7 Å². The van der Waals surface area contributed by atoms with Crippen molar-refractivity contribution in [3.63, 3.8) is 0 Å². The summed E-state index contributed by atoms with van der Waals surface area (Å²) in [5, 5.41) is 3.95. The van der Waals surface area contributed by atoms with E-state index in [1.54, 1.807) is 42.5 Å². The lowest BCUT2D eigenvalue weighted by Gasteiger charge is -2.24. The lowest BCUT2D eigenvalue weighted by molar-refractivity contribution is -0.119. The first-order chi connectivity index (χ1) is 17.3. The molecule has 1 heterocycles. The number of nitrogens with zero attached hydrogens (tertiary/aromatic N) is 2. The molecule has 3 aromatic carbocycles. The molecular weight excluding hydrogens is 486 g/mol. The van der Waals surface area contributed by atoms with E-state index in [9.17, 15) is 13.2 Å². The molecule has 1 aliphatic heterocycles. The van der Waals surface area contributed by atoms with Crippen LogP contribution in [0.4, 0.5) is 5.69 Å². The van der Waals surface area contributed by atoms with Crippen LogP contribution in [0.3, 0.4) is 0 Å². The molecule has 0 aliphatic carbocycles. The van der Waals surface area contributed by atoms with E-state index in [4.69, 9.17) is 18.9 Å². The second kappa shape index (κ2) is 10.6. The van der Waals surface area contributed by atoms with Gasteiger partial charge in [0.05, 0.1) is 31.0 Å². The predicted molar refractivity (Wildman–Crippen MR) is 134 cm³/mol. The molecule has 0 fully saturated rings. The summed E-state index contributed by atoms with van der Waals surface area (Å²) in [6.07, 6.45) is 1.43. The SMILES string of the molecule is COc1ccc(S(=O)(=O)N(CC(=O)NN=Cc2ccc3c(c2)OCO3)c2ccc(C)cc2)cc1OC. The number of aryl methyl sites for hydroxylation is 1. The highest BCUT2D eigenvalue weighted by atomic mass is 32.2. The minimum atomic E-state index is -4.15. The van der Waals surface area contributed by atoms with Crippen molar-refractivity contribution in [1.29, 1.82) is 0 Å². The van der Waals surface area contributed by atoms with Crippen molar-refractivity contribution < 1.29 is 32.2 Å². The van der Waals surface area contributed by atoms with E-state index < -0.39 is 22.5 Å². The van der Waals surface area contributed by atoms with Crippen LogP contribution in [0, 0.1) is 6.92 Å². The molecule has 0 radical (unpaired) electrons. The van der Waals surface area contributed by atoms with Crippen molar-refractivity contribution >= 4 is 27.8 Å². The highest BCUT2D eigenvalue weighted by molar-refractivity contribution is 7.92. The molecule has 0 bridgehead atoms. The summed E-state index contributed by atoms with van der Waals surface area (Å²) >= 11 is 0. The summed E-state index contributed by atoms with van der Waals surface area (Å²) < 4.78 is 49.3. The van der Waals surface area contributed by atoms with Crippen LogP contribution in [0.1, 0.15) is 11.1 Å². The zero-order valence-corrected chi connectivity index (χ0v) is 20.7. The van der Waals surface area contributed by atoms with Crippen LogP contribution in [-0.2, 0) is 14.8 Å². The molecule has 10 nitrogen and oxygen atoms in total. The standard InChI is InChI=1S/C25H25N3O7S/c1-17-4-7-19(8-5-17)28(36(30,31)20-9-11-21(32-2)23(13-20)33-3)15-25(29)27-26-14-18-6-10-22-24(12-18)35-16-34-22/h4-14H,15-16H2,1-3H3,(H,27,29). The Kier molecular flexibility index (Phi) is 7.30. The van der Waals surface area contributed by atoms with Crippen LogP contribution in [-0.4, -0.2) is 48.1 Å². The Morgan fingerprint density at radius 1 is 1.00 bits per heavy atom. The van der Waals surface area contributed by atoms with E-state index in [2.05, 4.69) is 10.5 Å². The van der Waals surface area contributed by atoms with Crippen LogP contribution in [0.5, 0.6) is 23.0 Å². The largest absolute Gasteiger partial charge is 0.493 e. The molecule has 1 amide bonds. The van der Waals surface area contributed by atoms with Crippen molar-refractivity contribution in [2.45, 2.75) is 11.8 Å². The molecule has 3 aromatic rings. The first-order valence-corrected chi connectivity index (χ1v) is 12.3. The number of amides is 1. The van der Waals surface area contributed by atoms with Gasteiger partial charge < -0.3 is 18.9 Å². The fraction of sp³-hybridized carbons (Fsp3) is 0.200. The van der Waals surface area contributed by atoms with Crippen molar-refractivity contribution in [2.24, 2.45) is 5.10 Å². The molecule has 11 heteroatoms. The fourth-order valence-electron chi connectivity index (χ4n) is 3.47.